The van der Waals surface area contributed by atoms with Crippen LogP contribution >= 0.6 is 0 Å². The third-order valence-electron chi connectivity index (χ3n) is 2.54. The molecular formula is C10H24N2. The molecule has 0 aromatic carbocycles. The lowest BCUT2D eigenvalue weighted by molar-refractivity contribution is -0.00401. The average Bonchev–Trinajstić information content (AvgIpc) is 1.51. The summed E-state index contributed by atoms with van der Waals surface area (Å²) >= 11 is 0. The van der Waals surface area contributed by atoms with Crippen molar-refractivity contribution in [2.24, 2.45) is 0 Å². The summed E-state index contributed by atoms with van der Waals surface area (Å²) in [6.45, 7) is 9.30. The molecule has 0 radical (unpaired) electrons. The molecule has 0 aromatic rings. The van der Waals surface area contributed by atoms with Crippen LogP contribution in [0.25, 0.3) is 0 Å². The van der Waals surface area contributed by atoms with Crippen molar-refractivity contribution in [3.63, 3.8) is 0 Å². The molecule has 0 unspecified atom stereocenters. The molecule has 0 N–H and O–H groups in total. The molecule has 0 amide bonds. The number of nitrogens with zero attached hydrogens (tertiary/aromatic N) is 2. The minimum absolute atomic E-state index is 0. The molecule has 0 aromatic heterocycles. The van der Waals surface area contributed by atoms with E-state index in [9.17, 15) is 0 Å². The van der Waals surface area contributed by atoms with E-state index < -0.39 is 0 Å². The fourth-order valence-corrected chi connectivity index (χ4v) is 1.33. The Morgan fingerprint density at radius 3 is 1.83 bits per heavy atom. The number of likely N-dealkylation sites (N-methyl/N-ethyl adjacent to an activating group) is 1. The van der Waals surface area contributed by atoms with Gasteiger partial charge in [-0.2, -0.15) is 0 Å². The van der Waals surface area contributed by atoms with Gasteiger partial charge in [-0.3, -0.25) is 4.90 Å². The maximum absolute atomic E-state index is 2.51. The van der Waals surface area contributed by atoms with Crippen LogP contribution in [0.15, 0.2) is 0 Å². The first-order chi connectivity index (χ1) is 4.91. The zero-order chi connectivity index (χ0) is 8.65. The van der Waals surface area contributed by atoms with Crippen LogP contribution in [-0.2, 0) is 0 Å². The summed E-state index contributed by atoms with van der Waals surface area (Å²) < 4.78 is 0. The standard InChI is InChI=1S/C9H20N2.CH4/c1-9(2,3)11-6-8(7-11)10(4)5;/h8H,6-7H2,1-5H3;1H4. The lowest BCUT2D eigenvalue weighted by atomic mass is 9.97. The summed E-state index contributed by atoms with van der Waals surface area (Å²) in [4.78, 5) is 4.82. The summed E-state index contributed by atoms with van der Waals surface area (Å²) in [5.74, 6) is 0. The van der Waals surface area contributed by atoms with Gasteiger partial charge >= 0.3 is 0 Å². The molecule has 0 aliphatic carbocycles. The average molecular weight is 172 g/mol. The van der Waals surface area contributed by atoms with Gasteiger partial charge in [0.15, 0.2) is 0 Å². The molecule has 2 nitrogen and oxygen atoms in total. The lowest BCUT2D eigenvalue weighted by Crippen LogP contribution is -2.63. The van der Waals surface area contributed by atoms with Crippen LogP contribution in [0.4, 0.5) is 0 Å². The first kappa shape index (κ1) is 11.9. The minimum atomic E-state index is 0. The Morgan fingerprint density at radius 1 is 1.17 bits per heavy atom. The van der Waals surface area contributed by atoms with Crippen molar-refractivity contribution in [1.82, 2.24) is 9.80 Å². The van der Waals surface area contributed by atoms with Gasteiger partial charge in [0.05, 0.1) is 0 Å². The van der Waals surface area contributed by atoms with Gasteiger partial charge in [0.1, 0.15) is 0 Å². The second-order valence-electron chi connectivity index (χ2n) is 4.69. The van der Waals surface area contributed by atoms with E-state index in [4.69, 9.17) is 0 Å². The van der Waals surface area contributed by atoms with Gasteiger partial charge in [-0.15, -0.1) is 0 Å². The Kier molecular flexibility index (Phi) is 3.73. The molecule has 0 atom stereocenters. The molecule has 1 rings (SSSR count). The topological polar surface area (TPSA) is 6.48 Å². The summed E-state index contributed by atoms with van der Waals surface area (Å²) in [6.07, 6.45) is 0. The Balaban J connectivity index is 0.00000121. The van der Waals surface area contributed by atoms with E-state index in [0.29, 0.717) is 5.54 Å². The maximum atomic E-state index is 2.51. The lowest BCUT2D eigenvalue weighted by Gasteiger charge is -2.49. The molecule has 2 heteroatoms. The second-order valence-corrected chi connectivity index (χ2v) is 4.69. The highest BCUT2D eigenvalue weighted by atomic mass is 15.3. The minimum Gasteiger partial charge on any atom is -0.304 e. The van der Waals surface area contributed by atoms with Crippen molar-refractivity contribution in [2.45, 2.75) is 39.8 Å². The van der Waals surface area contributed by atoms with Crippen LogP contribution in [0.2, 0.25) is 0 Å². The van der Waals surface area contributed by atoms with Gasteiger partial charge < -0.3 is 4.90 Å². The second kappa shape index (κ2) is 3.75. The first-order valence-electron chi connectivity index (χ1n) is 4.33. The Labute approximate surface area is 77.5 Å². The van der Waals surface area contributed by atoms with Crippen molar-refractivity contribution in [3.8, 4) is 0 Å². The fraction of sp³-hybridized carbons (Fsp3) is 1.00. The van der Waals surface area contributed by atoms with Gasteiger partial charge in [-0.05, 0) is 34.9 Å². The van der Waals surface area contributed by atoms with Crippen LogP contribution in [0.5, 0.6) is 0 Å². The third-order valence-corrected chi connectivity index (χ3v) is 2.54. The molecule has 1 heterocycles. The summed E-state index contributed by atoms with van der Waals surface area (Å²) in [7, 11) is 4.31. The number of hydrogen-bond acceptors (Lipinski definition) is 2. The highest BCUT2D eigenvalue weighted by molar-refractivity contribution is 4.92. The zero-order valence-corrected chi connectivity index (χ0v) is 8.39. The number of hydrogen-bond donors (Lipinski definition) is 0. The van der Waals surface area contributed by atoms with Crippen LogP contribution in [0, 0.1) is 0 Å². The van der Waals surface area contributed by atoms with E-state index in [0.717, 1.165) is 6.04 Å². The predicted molar refractivity (Wildman–Crippen MR) is 55.5 cm³/mol. The fourth-order valence-electron chi connectivity index (χ4n) is 1.33. The van der Waals surface area contributed by atoms with Crippen molar-refractivity contribution < 1.29 is 0 Å². The van der Waals surface area contributed by atoms with E-state index in [1.807, 2.05) is 0 Å². The summed E-state index contributed by atoms with van der Waals surface area (Å²) in [5.41, 5.74) is 0.368. The predicted octanol–water partition coefficient (Wildman–Crippen LogP) is 1.67. The van der Waals surface area contributed by atoms with Crippen molar-refractivity contribution in [2.75, 3.05) is 27.2 Å². The molecule has 0 spiro atoms. The first-order valence-corrected chi connectivity index (χ1v) is 4.33. The molecule has 1 aliphatic rings. The van der Waals surface area contributed by atoms with Gasteiger partial charge in [0.2, 0.25) is 0 Å². The van der Waals surface area contributed by atoms with Crippen LogP contribution in [0.1, 0.15) is 28.2 Å². The molecule has 1 aliphatic heterocycles. The summed E-state index contributed by atoms with van der Waals surface area (Å²) in [6, 6.07) is 0.786. The number of likely N-dealkylation sites (tertiary alicyclic amines) is 1. The van der Waals surface area contributed by atoms with Crippen molar-refractivity contribution in [3.05, 3.63) is 0 Å². The molecule has 1 fully saturated rings. The maximum Gasteiger partial charge on any atom is 0.0344 e. The number of rotatable bonds is 1. The normalized spacial score (nSPS) is 20.5. The molecule has 1 saturated heterocycles. The SMILES string of the molecule is C.CN(C)C1CN(C(C)(C)C)C1. The molecule has 74 valence electrons. The molecular weight excluding hydrogens is 148 g/mol. The largest absolute Gasteiger partial charge is 0.304 e. The van der Waals surface area contributed by atoms with E-state index in [1.54, 1.807) is 0 Å². The quantitative estimate of drug-likeness (QED) is 0.593. The Morgan fingerprint density at radius 2 is 1.58 bits per heavy atom. The van der Waals surface area contributed by atoms with E-state index in [2.05, 4.69) is 44.7 Å². The van der Waals surface area contributed by atoms with Crippen LogP contribution < -0.4 is 0 Å². The zero-order valence-electron chi connectivity index (χ0n) is 8.39. The Hall–Kier alpha value is -0.0800. The van der Waals surface area contributed by atoms with Crippen LogP contribution in [-0.4, -0.2) is 48.6 Å². The smallest absolute Gasteiger partial charge is 0.0344 e. The third kappa shape index (κ3) is 2.46. The molecule has 0 bridgehead atoms. The summed E-state index contributed by atoms with van der Waals surface area (Å²) in [5, 5.41) is 0. The highest BCUT2D eigenvalue weighted by Gasteiger charge is 2.34. The molecule has 0 saturated carbocycles. The van der Waals surface area contributed by atoms with E-state index in [-0.39, 0.29) is 7.43 Å². The van der Waals surface area contributed by atoms with Crippen molar-refractivity contribution >= 4 is 0 Å². The van der Waals surface area contributed by atoms with Crippen molar-refractivity contribution in [1.29, 1.82) is 0 Å². The van der Waals surface area contributed by atoms with Gasteiger partial charge in [-0.25, -0.2) is 0 Å². The van der Waals surface area contributed by atoms with Gasteiger partial charge in [0, 0.05) is 24.7 Å². The van der Waals surface area contributed by atoms with Crippen LogP contribution in [0.3, 0.4) is 0 Å². The highest BCUT2D eigenvalue weighted by Crippen LogP contribution is 2.22. The van der Waals surface area contributed by atoms with Gasteiger partial charge in [-0.1, -0.05) is 7.43 Å². The van der Waals surface area contributed by atoms with E-state index >= 15 is 0 Å². The van der Waals surface area contributed by atoms with Gasteiger partial charge in [0.25, 0.3) is 0 Å². The van der Waals surface area contributed by atoms with E-state index in [1.165, 1.54) is 13.1 Å². The Bertz CT molecular complexity index is 129. The monoisotopic (exact) mass is 172 g/mol. The molecule has 12 heavy (non-hydrogen) atoms.